The highest BCUT2D eigenvalue weighted by atomic mass is 16.6. The lowest BCUT2D eigenvalue weighted by atomic mass is 9.91. The standard InChI is InChI=1S/C24H28N4O4.C4H4O4/c29-22(23-25-24(32-26-23)20-9-11-21(12-10-20)28(30)31)8-4-7-18-13-15-27(16-14-18)17-19-5-2-1-3-6-19;5-3(6)1-2-4(7)8/h1-3,5-6,9-12,18,22,29H,4,7-8,13-17H2;1-2H,(H,5,6)(H,7,8)/b;2-1+. The van der Waals surface area contributed by atoms with Crippen LogP contribution in [0.5, 0.6) is 0 Å². The van der Waals surface area contributed by atoms with Gasteiger partial charge in [-0.25, -0.2) is 9.59 Å². The number of rotatable bonds is 11. The number of likely N-dealkylation sites (tertiary alicyclic amines) is 1. The summed E-state index contributed by atoms with van der Waals surface area (Å²) in [6.07, 6.45) is 5.30. The Balaban J connectivity index is 0.000000482. The smallest absolute Gasteiger partial charge is 0.328 e. The van der Waals surface area contributed by atoms with E-state index in [1.165, 1.54) is 30.5 Å². The molecule has 0 aliphatic carbocycles. The topological polar surface area (TPSA) is 180 Å². The lowest BCUT2D eigenvalue weighted by Crippen LogP contribution is -2.33. The number of aliphatic hydroxyl groups excluding tert-OH is 1. The van der Waals surface area contributed by atoms with Gasteiger partial charge in [0, 0.05) is 36.4 Å². The third-order valence-corrected chi connectivity index (χ3v) is 6.48. The maximum absolute atomic E-state index is 10.8. The molecule has 1 aromatic heterocycles. The number of aliphatic carboxylic acids is 2. The van der Waals surface area contributed by atoms with Crippen molar-refractivity contribution in [3.05, 3.63) is 88.3 Å². The van der Waals surface area contributed by atoms with Gasteiger partial charge in [0.25, 0.3) is 11.6 Å². The first-order valence-corrected chi connectivity index (χ1v) is 12.9. The molecule has 1 aliphatic heterocycles. The van der Waals surface area contributed by atoms with E-state index < -0.39 is 23.0 Å². The number of carboxylic acids is 2. The van der Waals surface area contributed by atoms with Crippen LogP contribution in [0.25, 0.3) is 11.5 Å². The third kappa shape index (κ3) is 10.0. The molecule has 0 bridgehead atoms. The first-order chi connectivity index (χ1) is 19.2. The molecule has 40 heavy (non-hydrogen) atoms. The van der Waals surface area contributed by atoms with Crippen molar-refractivity contribution in [2.75, 3.05) is 13.1 Å². The molecule has 0 radical (unpaired) electrons. The van der Waals surface area contributed by atoms with Crippen LogP contribution < -0.4 is 0 Å². The van der Waals surface area contributed by atoms with E-state index in [2.05, 4.69) is 45.4 Å². The second-order valence-corrected chi connectivity index (χ2v) is 9.42. The van der Waals surface area contributed by atoms with Crippen LogP contribution in [0.15, 0.2) is 71.3 Å². The van der Waals surface area contributed by atoms with E-state index in [0.29, 0.717) is 30.1 Å². The largest absolute Gasteiger partial charge is 0.478 e. The number of hydrogen-bond donors (Lipinski definition) is 3. The van der Waals surface area contributed by atoms with Crippen molar-refractivity contribution in [3.8, 4) is 11.5 Å². The van der Waals surface area contributed by atoms with Crippen molar-refractivity contribution in [1.29, 1.82) is 0 Å². The molecule has 2 heterocycles. The van der Waals surface area contributed by atoms with Crippen LogP contribution in [-0.2, 0) is 16.1 Å². The Labute approximate surface area is 230 Å². The Bertz CT molecular complexity index is 1250. The summed E-state index contributed by atoms with van der Waals surface area (Å²) in [5, 5.41) is 40.7. The van der Waals surface area contributed by atoms with Crippen LogP contribution in [0.2, 0.25) is 0 Å². The van der Waals surface area contributed by atoms with Gasteiger partial charge in [-0.05, 0) is 56.0 Å². The van der Waals surface area contributed by atoms with Crippen molar-refractivity contribution in [3.63, 3.8) is 0 Å². The highest BCUT2D eigenvalue weighted by Crippen LogP contribution is 2.27. The number of non-ortho nitro benzene ring substituents is 1. The fourth-order valence-corrected chi connectivity index (χ4v) is 4.36. The second-order valence-electron chi connectivity index (χ2n) is 9.42. The number of carboxylic acid groups (broad SMARTS) is 2. The molecule has 1 aliphatic rings. The zero-order chi connectivity index (χ0) is 28.9. The van der Waals surface area contributed by atoms with Crippen LogP contribution in [0.3, 0.4) is 0 Å². The summed E-state index contributed by atoms with van der Waals surface area (Å²) in [4.78, 5) is 36.2. The molecule has 4 rings (SSSR count). The molecule has 12 heteroatoms. The molecule has 12 nitrogen and oxygen atoms in total. The van der Waals surface area contributed by atoms with Crippen LogP contribution in [0, 0.1) is 16.0 Å². The highest BCUT2D eigenvalue weighted by Gasteiger charge is 2.21. The van der Waals surface area contributed by atoms with Crippen molar-refractivity contribution in [2.45, 2.75) is 44.8 Å². The van der Waals surface area contributed by atoms with E-state index in [9.17, 15) is 24.8 Å². The third-order valence-electron chi connectivity index (χ3n) is 6.48. The fraction of sp³-hybridized carbons (Fsp3) is 0.357. The number of nitro groups is 1. The van der Waals surface area contributed by atoms with E-state index in [1.54, 1.807) is 12.1 Å². The van der Waals surface area contributed by atoms with Gasteiger partial charge in [0.1, 0.15) is 6.10 Å². The molecule has 1 unspecified atom stereocenters. The molecule has 1 fully saturated rings. The second kappa shape index (κ2) is 15.2. The van der Waals surface area contributed by atoms with E-state index in [1.807, 2.05) is 0 Å². The molecule has 0 amide bonds. The van der Waals surface area contributed by atoms with Crippen molar-refractivity contribution >= 4 is 17.6 Å². The summed E-state index contributed by atoms with van der Waals surface area (Å²) >= 11 is 0. The van der Waals surface area contributed by atoms with Crippen LogP contribution in [-0.4, -0.2) is 60.3 Å². The summed E-state index contributed by atoms with van der Waals surface area (Å²) < 4.78 is 5.23. The normalized spacial score (nSPS) is 14.8. The quantitative estimate of drug-likeness (QED) is 0.173. The zero-order valence-corrected chi connectivity index (χ0v) is 21.8. The van der Waals surface area contributed by atoms with E-state index >= 15 is 0 Å². The van der Waals surface area contributed by atoms with Gasteiger partial charge in [0.05, 0.1) is 4.92 Å². The zero-order valence-electron chi connectivity index (χ0n) is 21.8. The number of aromatic nitrogens is 2. The predicted molar refractivity (Wildman–Crippen MR) is 144 cm³/mol. The number of piperidine rings is 1. The number of carbonyl (C=O) groups is 2. The van der Waals surface area contributed by atoms with Crippen LogP contribution in [0.4, 0.5) is 5.69 Å². The minimum Gasteiger partial charge on any atom is -0.478 e. The van der Waals surface area contributed by atoms with Crippen molar-refractivity contribution < 1.29 is 34.4 Å². The van der Waals surface area contributed by atoms with Crippen LogP contribution in [0.1, 0.15) is 49.6 Å². The summed E-state index contributed by atoms with van der Waals surface area (Å²) in [6, 6.07) is 16.5. The highest BCUT2D eigenvalue weighted by molar-refractivity contribution is 5.89. The Hall–Kier alpha value is -4.42. The van der Waals surface area contributed by atoms with E-state index in [-0.39, 0.29) is 17.4 Å². The van der Waals surface area contributed by atoms with Gasteiger partial charge in [-0.2, -0.15) is 4.98 Å². The molecule has 2 aromatic carbocycles. The summed E-state index contributed by atoms with van der Waals surface area (Å²) in [5.74, 6) is -1.31. The molecular weight excluding hydrogens is 520 g/mol. The molecule has 1 atom stereocenters. The minimum absolute atomic E-state index is 0.000535. The number of aliphatic hydroxyl groups is 1. The van der Waals surface area contributed by atoms with Gasteiger partial charge in [-0.15, -0.1) is 0 Å². The van der Waals surface area contributed by atoms with Gasteiger partial charge < -0.3 is 19.8 Å². The number of benzene rings is 2. The van der Waals surface area contributed by atoms with Crippen molar-refractivity contribution in [2.24, 2.45) is 5.92 Å². The minimum atomic E-state index is -1.26. The molecule has 3 N–H and O–H groups in total. The van der Waals surface area contributed by atoms with Crippen molar-refractivity contribution in [1.82, 2.24) is 15.0 Å². The lowest BCUT2D eigenvalue weighted by Gasteiger charge is -2.32. The first kappa shape index (κ1) is 30.1. The lowest BCUT2D eigenvalue weighted by molar-refractivity contribution is -0.384. The SMILES string of the molecule is O=C(O)/C=C/C(=O)O.O=[N+]([O-])c1ccc(-c2nc(C(O)CCCC3CCN(Cc4ccccc4)CC3)no2)cc1. The van der Waals surface area contributed by atoms with E-state index in [0.717, 1.165) is 32.5 Å². The van der Waals surface area contributed by atoms with Gasteiger partial charge in [-0.3, -0.25) is 15.0 Å². The summed E-state index contributed by atoms with van der Waals surface area (Å²) in [6.45, 7) is 3.25. The Kier molecular flexibility index (Phi) is 11.5. The molecular formula is C28H32N4O8. The van der Waals surface area contributed by atoms with E-state index in [4.69, 9.17) is 14.7 Å². The molecule has 212 valence electrons. The van der Waals surface area contributed by atoms with Gasteiger partial charge in [0.2, 0.25) is 5.82 Å². The first-order valence-electron chi connectivity index (χ1n) is 12.9. The molecule has 0 saturated carbocycles. The van der Waals surface area contributed by atoms with Gasteiger partial charge in [0.15, 0.2) is 0 Å². The summed E-state index contributed by atoms with van der Waals surface area (Å²) in [5.41, 5.74) is 1.95. The van der Waals surface area contributed by atoms with Crippen LogP contribution >= 0.6 is 0 Å². The molecule has 1 saturated heterocycles. The Morgan fingerprint density at radius 2 is 1.68 bits per heavy atom. The maximum atomic E-state index is 10.8. The Morgan fingerprint density at radius 1 is 1.05 bits per heavy atom. The number of nitrogens with zero attached hydrogens (tertiary/aromatic N) is 4. The predicted octanol–water partition coefficient (Wildman–Crippen LogP) is 4.47. The Morgan fingerprint density at radius 3 is 2.25 bits per heavy atom. The number of nitro benzene ring substituents is 1. The number of hydrogen-bond acceptors (Lipinski definition) is 9. The fourth-order valence-electron chi connectivity index (χ4n) is 4.36. The average Bonchev–Trinajstić information content (AvgIpc) is 3.44. The van der Waals surface area contributed by atoms with Gasteiger partial charge >= 0.3 is 11.9 Å². The average molecular weight is 553 g/mol. The molecule has 3 aromatic rings. The summed E-state index contributed by atoms with van der Waals surface area (Å²) in [7, 11) is 0. The van der Waals surface area contributed by atoms with Gasteiger partial charge in [-0.1, -0.05) is 48.3 Å². The molecule has 0 spiro atoms. The maximum Gasteiger partial charge on any atom is 0.328 e. The monoisotopic (exact) mass is 552 g/mol.